The molecule has 0 atom stereocenters. The van der Waals surface area contributed by atoms with E-state index in [9.17, 15) is 5.11 Å². The molecule has 2 aromatic carbocycles. The Labute approximate surface area is 153 Å². The van der Waals surface area contributed by atoms with E-state index in [4.69, 9.17) is 14.2 Å². The largest absolute Gasteiger partial charge is 0.504 e. The van der Waals surface area contributed by atoms with Gasteiger partial charge in [-0.15, -0.1) is 12.4 Å². The van der Waals surface area contributed by atoms with Gasteiger partial charge in [-0.3, -0.25) is 4.99 Å². The molecule has 1 aliphatic rings. The fourth-order valence-electron chi connectivity index (χ4n) is 2.98. The van der Waals surface area contributed by atoms with Crippen molar-refractivity contribution in [2.45, 2.75) is 12.8 Å². The minimum absolute atomic E-state index is 0. The standard InChI is InChI=1S/C19H21NO4.ClH/c1-22-17-5-4-12(9-19(17)24-3)8-15-14-11-16(21)18(23-2)10-13(14)6-7-20-15;/h4-5,9-11,21H,6-8H2,1-3H3;1H. The first-order chi connectivity index (χ1) is 11.7. The average molecular weight is 364 g/mol. The molecule has 0 aromatic heterocycles. The van der Waals surface area contributed by atoms with Gasteiger partial charge in [0.2, 0.25) is 0 Å². The maximum absolute atomic E-state index is 10.1. The third-order valence-electron chi connectivity index (χ3n) is 4.22. The van der Waals surface area contributed by atoms with Crippen molar-refractivity contribution >= 4 is 18.1 Å². The summed E-state index contributed by atoms with van der Waals surface area (Å²) in [7, 11) is 4.80. The lowest BCUT2D eigenvalue weighted by Gasteiger charge is -2.19. The fraction of sp³-hybridized carbons (Fsp3) is 0.316. The minimum Gasteiger partial charge on any atom is -0.504 e. The van der Waals surface area contributed by atoms with E-state index in [0.29, 0.717) is 23.7 Å². The van der Waals surface area contributed by atoms with Gasteiger partial charge in [0.1, 0.15) is 0 Å². The highest BCUT2D eigenvalue weighted by Crippen LogP contribution is 2.33. The number of benzene rings is 2. The van der Waals surface area contributed by atoms with Crippen molar-refractivity contribution in [1.82, 2.24) is 0 Å². The van der Waals surface area contributed by atoms with Crippen LogP contribution in [0.3, 0.4) is 0 Å². The van der Waals surface area contributed by atoms with Gasteiger partial charge in [0.05, 0.1) is 21.3 Å². The zero-order valence-corrected chi connectivity index (χ0v) is 15.4. The highest BCUT2D eigenvalue weighted by atomic mass is 35.5. The summed E-state index contributed by atoms with van der Waals surface area (Å²) in [6, 6.07) is 9.49. The highest BCUT2D eigenvalue weighted by molar-refractivity contribution is 6.04. The van der Waals surface area contributed by atoms with Crippen LogP contribution in [0.5, 0.6) is 23.0 Å². The van der Waals surface area contributed by atoms with Gasteiger partial charge in [-0.25, -0.2) is 0 Å². The van der Waals surface area contributed by atoms with Crippen LogP contribution in [0.25, 0.3) is 0 Å². The molecular formula is C19H22ClNO4. The highest BCUT2D eigenvalue weighted by Gasteiger charge is 2.18. The normalized spacial score (nSPS) is 12.5. The van der Waals surface area contributed by atoms with Crippen LogP contribution >= 0.6 is 12.4 Å². The summed E-state index contributed by atoms with van der Waals surface area (Å²) in [5.41, 5.74) is 4.17. The summed E-state index contributed by atoms with van der Waals surface area (Å²) in [5.74, 6) is 2.04. The maximum Gasteiger partial charge on any atom is 0.160 e. The molecule has 0 aliphatic carbocycles. The Morgan fingerprint density at radius 1 is 0.960 bits per heavy atom. The Kier molecular flexibility index (Phi) is 6.15. The molecule has 0 unspecified atom stereocenters. The maximum atomic E-state index is 10.1. The molecule has 1 N–H and O–H groups in total. The van der Waals surface area contributed by atoms with Crippen LogP contribution in [0.2, 0.25) is 0 Å². The number of halogens is 1. The van der Waals surface area contributed by atoms with Gasteiger partial charge in [0.15, 0.2) is 23.0 Å². The Morgan fingerprint density at radius 3 is 2.36 bits per heavy atom. The number of methoxy groups -OCH3 is 3. The van der Waals surface area contributed by atoms with Crippen molar-refractivity contribution in [3.05, 3.63) is 47.0 Å². The summed E-state index contributed by atoms with van der Waals surface area (Å²) in [6.07, 6.45) is 1.51. The van der Waals surface area contributed by atoms with Crippen molar-refractivity contribution in [1.29, 1.82) is 0 Å². The lowest BCUT2D eigenvalue weighted by molar-refractivity contribution is 0.354. The molecule has 1 heterocycles. The topological polar surface area (TPSA) is 60.3 Å². The van der Waals surface area contributed by atoms with Gasteiger partial charge < -0.3 is 19.3 Å². The van der Waals surface area contributed by atoms with E-state index in [1.807, 2.05) is 24.3 Å². The Hall–Kier alpha value is -2.40. The predicted molar refractivity (Wildman–Crippen MR) is 100 cm³/mol. The molecule has 1 aliphatic heterocycles. The predicted octanol–water partition coefficient (Wildman–Crippen LogP) is 3.43. The molecule has 3 rings (SSSR count). The molecule has 0 fully saturated rings. The van der Waals surface area contributed by atoms with Gasteiger partial charge in [-0.05, 0) is 41.8 Å². The second kappa shape index (κ2) is 8.12. The molecule has 6 heteroatoms. The van der Waals surface area contributed by atoms with E-state index in [1.165, 1.54) is 0 Å². The molecule has 2 aromatic rings. The van der Waals surface area contributed by atoms with Crippen molar-refractivity contribution in [2.75, 3.05) is 27.9 Å². The Bertz CT molecular complexity index is 789. The molecule has 134 valence electrons. The van der Waals surface area contributed by atoms with Gasteiger partial charge in [-0.1, -0.05) is 6.07 Å². The van der Waals surface area contributed by atoms with Gasteiger partial charge in [0, 0.05) is 24.2 Å². The zero-order valence-electron chi connectivity index (χ0n) is 14.5. The third kappa shape index (κ3) is 3.82. The number of hydrogen-bond acceptors (Lipinski definition) is 5. The van der Waals surface area contributed by atoms with Crippen LogP contribution in [0.1, 0.15) is 16.7 Å². The number of fused-ring (bicyclic) bond motifs is 1. The van der Waals surface area contributed by atoms with Crippen molar-refractivity contribution < 1.29 is 19.3 Å². The molecule has 0 spiro atoms. The van der Waals surface area contributed by atoms with Crippen LogP contribution in [0.15, 0.2) is 35.3 Å². The third-order valence-corrected chi connectivity index (χ3v) is 4.22. The van der Waals surface area contributed by atoms with Crippen LogP contribution in [0.4, 0.5) is 0 Å². The summed E-state index contributed by atoms with van der Waals surface area (Å²) in [4.78, 5) is 4.65. The molecule has 0 saturated heterocycles. The number of rotatable bonds is 5. The first kappa shape index (κ1) is 18.9. The summed E-state index contributed by atoms with van der Waals surface area (Å²) >= 11 is 0. The second-order valence-corrected chi connectivity index (χ2v) is 5.63. The van der Waals surface area contributed by atoms with Crippen LogP contribution in [-0.2, 0) is 12.8 Å². The molecule has 25 heavy (non-hydrogen) atoms. The van der Waals surface area contributed by atoms with Crippen LogP contribution < -0.4 is 14.2 Å². The first-order valence-corrected chi connectivity index (χ1v) is 7.80. The van der Waals surface area contributed by atoms with E-state index in [1.54, 1.807) is 27.4 Å². The fourth-order valence-corrected chi connectivity index (χ4v) is 2.98. The molecule has 0 saturated carbocycles. The molecular weight excluding hydrogens is 342 g/mol. The quantitative estimate of drug-likeness (QED) is 0.884. The molecule has 0 radical (unpaired) electrons. The smallest absolute Gasteiger partial charge is 0.160 e. The van der Waals surface area contributed by atoms with Crippen molar-refractivity contribution in [2.24, 2.45) is 4.99 Å². The lowest BCUT2D eigenvalue weighted by Crippen LogP contribution is -2.15. The SMILES string of the molecule is COc1cc2c(cc1O)C(Cc1ccc(OC)c(OC)c1)=NCC2.Cl. The summed E-state index contributed by atoms with van der Waals surface area (Å²) in [6.45, 7) is 0.740. The van der Waals surface area contributed by atoms with Crippen molar-refractivity contribution in [3.63, 3.8) is 0 Å². The Balaban J connectivity index is 0.00000225. The van der Waals surface area contributed by atoms with E-state index >= 15 is 0 Å². The van der Waals surface area contributed by atoms with E-state index in [2.05, 4.69) is 4.99 Å². The molecule has 5 nitrogen and oxygen atoms in total. The lowest BCUT2D eigenvalue weighted by atomic mass is 9.93. The summed E-state index contributed by atoms with van der Waals surface area (Å²) in [5, 5.41) is 10.1. The van der Waals surface area contributed by atoms with Gasteiger partial charge >= 0.3 is 0 Å². The van der Waals surface area contributed by atoms with Crippen LogP contribution in [0, 0.1) is 0 Å². The molecule has 0 amide bonds. The second-order valence-electron chi connectivity index (χ2n) is 5.63. The zero-order chi connectivity index (χ0) is 17.1. The van der Waals surface area contributed by atoms with Gasteiger partial charge in [-0.2, -0.15) is 0 Å². The van der Waals surface area contributed by atoms with Crippen LogP contribution in [-0.4, -0.2) is 38.7 Å². The molecule has 0 bridgehead atoms. The van der Waals surface area contributed by atoms with E-state index in [0.717, 1.165) is 35.4 Å². The number of hydrogen-bond donors (Lipinski definition) is 1. The number of nitrogens with zero attached hydrogens (tertiary/aromatic N) is 1. The summed E-state index contributed by atoms with van der Waals surface area (Å²) < 4.78 is 15.8. The minimum atomic E-state index is 0. The van der Waals surface area contributed by atoms with E-state index in [-0.39, 0.29) is 18.2 Å². The number of aliphatic imine (C=N–C) groups is 1. The monoisotopic (exact) mass is 363 g/mol. The number of phenolic OH excluding ortho intramolecular Hbond substituents is 1. The first-order valence-electron chi connectivity index (χ1n) is 7.80. The number of phenols is 1. The van der Waals surface area contributed by atoms with Gasteiger partial charge in [0.25, 0.3) is 0 Å². The average Bonchev–Trinajstić information content (AvgIpc) is 2.61. The Morgan fingerprint density at radius 2 is 1.68 bits per heavy atom. The van der Waals surface area contributed by atoms with E-state index < -0.39 is 0 Å². The number of ether oxygens (including phenoxy) is 3. The van der Waals surface area contributed by atoms with Crippen molar-refractivity contribution in [3.8, 4) is 23.0 Å². The number of aromatic hydroxyl groups is 1.